The molecule has 0 spiro atoms. The highest BCUT2D eigenvalue weighted by atomic mass is 16.5. The van der Waals surface area contributed by atoms with Crippen LogP contribution in [0.2, 0.25) is 0 Å². The lowest BCUT2D eigenvalue weighted by molar-refractivity contribution is 0.0978. The van der Waals surface area contributed by atoms with Gasteiger partial charge in [0.15, 0.2) is 11.6 Å². The second-order valence-corrected chi connectivity index (χ2v) is 6.34. The zero-order valence-corrected chi connectivity index (χ0v) is 14.6. The molecule has 3 aromatic carbocycles. The smallest absolute Gasteiger partial charge is 0.196 e. The first kappa shape index (κ1) is 16.9. The molecule has 0 saturated heterocycles. The number of carbonyl (C=O) groups is 2. The van der Waals surface area contributed by atoms with E-state index in [1.165, 1.54) is 0 Å². The molecule has 0 saturated carbocycles. The maximum Gasteiger partial charge on any atom is 0.196 e. The van der Waals surface area contributed by atoms with Crippen LogP contribution in [0.15, 0.2) is 79.4 Å². The molecule has 4 nitrogen and oxygen atoms in total. The van der Waals surface area contributed by atoms with Crippen LogP contribution >= 0.6 is 0 Å². The molecule has 0 unspecified atom stereocenters. The Morgan fingerprint density at radius 3 is 2.11 bits per heavy atom. The molecule has 0 atom stereocenters. The van der Waals surface area contributed by atoms with Crippen molar-refractivity contribution >= 4 is 22.9 Å². The van der Waals surface area contributed by atoms with E-state index in [-0.39, 0.29) is 22.8 Å². The first-order valence-electron chi connectivity index (χ1n) is 8.62. The van der Waals surface area contributed by atoms with E-state index >= 15 is 0 Å². The van der Waals surface area contributed by atoms with Crippen LogP contribution in [0.3, 0.4) is 0 Å². The Balaban J connectivity index is 1.89. The van der Waals surface area contributed by atoms with E-state index in [4.69, 9.17) is 0 Å². The fourth-order valence-electron chi connectivity index (χ4n) is 3.48. The maximum atomic E-state index is 13.1. The second-order valence-electron chi connectivity index (χ2n) is 6.34. The monoisotopic (exact) mass is 355 g/mol. The Kier molecular flexibility index (Phi) is 4.18. The minimum atomic E-state index is -0.268. The van der Waals surface area contributed by atoms with Gasteiger partial charge in [-0.25, -0.2) is 5.06 Å². The third-order valence-electron chi connectivity index (χ3n) is 4.74. The normalized spacial score (nSPS) is 12.3. The van der Waals surface area contributed by atoms with Gasteiger partial charge in [-0.1, -0.05) is 60.7 Å². The minimum Gasteiger partial charge on any atom is -0.289 e. The summed E-state index contributed by atoms with van der Waals surface area (Å²) in [6, 6.07) is 19.0. The van der Waals surface area contributed by atoms with Crippen molar-refractivity contribution in [3.05, 3.63) is 107 Å². The van der Waals surface area contributed by atoms with Crippen LogP contribution in [-0.4, -0.2) is 16.8 Å². The predicted octanol–water partition coefficient (Wildman–Crippen LogP) is 4.72. The second kappa shape index (κ2) is 6.67. The Hall–Kier alpha value is -3.50. The Labute approximate surface area is 157 Å². The fourth-order valence-corrected chi connectivity index (χ4v) is 3.48. The molecule has 1 aliphatic rings. The highest BCUT2D eigenvalue weighted by Crippen LogP contribution is 2.36. The van der Waals surface area contributed by atoms with Gasteiger partial charge in [-0.05, 0) is 24.1 Å². The SMILES string of the molecule is C=CCc1ccccc1N(O)c1cccc2c1C(=O)c1ccccc1C2=O. The van der Waals surface area contributed by atoms with Crippen molar-refractivity contribution in [3.63, 3.8) is 0 Å². The largest absolute Gasteiger partial charge is 0.289 e. The lowest BCUT2D eigenvalue weighted by Crippen LogP contribution is -2.25. The van der Waals surface area contributed by atoms with Crippen molar-refractivity contribution in [2.45, 2.75) is 6.42 Å². The molecule has 132 valence electrons. The summed E-state index contributed by atoms with van der Waals surface area (Å²) in [5, 5.41) is 11.9. The van der Waals surface area contributed by atoms with Gasteiger partial charge in [0.1, 0.15) is 0 Å². The zero-order valence-electron chi connectivity index (χ0n) is 14.6. The minimum absolute atomic E-state index is 0.213. The Morgan fingerprint density at radius 1 is 0.778 bits per heavy atom. The molecule has 1 N–H and O–H groups in total. The van der Waals surface area contributed by atoms with Crippen molar-refractivity contribution in [1.82, 2.24) is 0 Å². The lowest BCUT2D eigenvalue weighted by Gasteiger charge is -2.26. The number of rotatable bonds is 4. The van der Waals surface area contributed by atoms with Crippen LogP contribution in [0.5, 0.6) is 0 Å². The summed E-state index contributed by atoms with van der Waals surface area (Å²) in [5.74, 6) is -0.481. The molecule has 0 amide bonds. The molecule has 0 aliphatic heterocycles. The van der Waals surface area contributed by atoms with Crippen molar-refractivity contribution in [3.8, 4) is 0 Å². The van der Waals surface area contributed by atoms with E-state index in [9.17, 15) is 14.8 Å². The van der Waals surface area contributed by atoms with Gasteiger partial charge in [0.05, 0.1) is 16.9 Å². The molecule has 27 heavy (non-hydrogen) atoms. The van der Waals surface area contributed by atoms with Crippen LogP contribution < -0.4 is 5.06 Å². The number of benzene rings is 3. The topological polar surface area (TPSA) is 57.6 Å². The van der Waals surface area contributed by atoms with Crippen molar-refractivity contribution < 1.29 is 14.8 Å². The average Bonchev–Trinajstić information content (AvgIpc) is 2.71. The highest BCUT2D eigenvalue weighted by molar-refractivity contribution is 6.30. The van der Waals surface area contributed by atoms with Crippen molar-refractivity contribution in [2.75, 3.05) is 5.06 Å². The van der Waals surface area contributed by atoms with Crippen LogP contribution in [0.4, 0.5) is 11.4 Å². The van der Waals surface area contributed by atoms with E-state index < -0.39 is 0 Å². The average molecular weight is 355 g/mol. The van der Waals surface area contributed by atoms with Crippen LogP contribution in [0.25, 0.3) is 0 Å². The van der Waals surface area contributed by atoms with Gasteiger partial charge in [0.25, 0.3) is 0 Å². The fraction of sp³-hybridized carbons (Fsp3) is 0.0435. The number of ketones is 2. The van der Waals surface area contributed by atoms with Gasteiger partial charge in [-0.2, -0.15) is 0 Å². The number of carbonyl (C=O) groups excluding carboxylic acids is 2. The van der Waals surface area contributed by atoms with Gasteiger partial charge in [-0.3, -0.25) is 14.8 Å². The maximum absolute atomic E-state index is 13.1. The van der Waals surface area contributed by atoms with Crippen LogP contribution in [-0.2, 0) is 6.42 Å². The summed E-state index contributed by atoms with van der Waals surface area (Å²) in [7, 11) is 0. The number of fused-ring (bicyclic) bond motifs is 2. The number of hydrogen-bond donors (Lipinski definition) is 1. The molecule has 0 bridgehead atoms. The van der Waals surface area contributed by atoms with E-state index in [2.05, 4.69) is 6.58 Å². The van der Waals surface area contributed by atoms with Gasteiger partial charge < -0.3 is 0 Å². The molecule has 1 aliphatic carbocycles. The Bertz CT molecular complexity index is 1080. The predicted molar refractivity (Wildman–Crippen MR) is 104 cm³/mol. The van der Waals surface area contributed by atoms with Crippen LogP contribution in [0.1, 0.15) is 37.4 Å². The van der Waals surface area contributed by atoms with Crippen molar-refractivity contribution in [2.24, 2.45) is 0 Å². The van der Waals surface area contributed by atoms with Crippen molar-refractivity contribution in [1.29, 1.82) is 0 Å². The van der Waals surface area contributed by atoms with E-state index in [1.807, 2.05) is 18.2 Å². The summed E-state index contributed by atoms with van der Waals surface area (Å²) in [4.78, 5) is 26.0. The molecule has 0 heterocycles. The molecular formula is C23H17NO3. The van der Waals surface area contributed by atoms with E-state index in [0.717, 1.165) is 10.6 Å². The van der Waals surface area contributed by atoms with Gasteiger partial charge in [0.2, 0.25) is 0 Å². The Morgan fingerprint density at radius 2 is 1.37 bits per heavy atom. The number of para-hydroxylation sites is 1. The molecule has 0 fully saturated rings. The first-order valence-corrected chi connectivity index (χ1v) is 8.62. The third kappa shape index (κ3) is 2.67. The number of allylic oxidation sites excluding steroid dienone is 1. The van der Waals surface area contributed by atoms with E-state index in [0.29, 0.717) is 28.8 Å². The zero-order chi connectivity index (χ0) is 19.0. The number of nitrogens with zero attached hydrogens (tertiary/aromatic N) is 1. The van der Waals surface area contributed by atoms with E-state index in [1.54, 1.807) is 54.6 Å². The summed E-state index contributed by atoms with van der Waals surface area (Å²) in [6.45, 7) is 3.75. The summed E-state index contributed by atoms with van der Waals surface area (Å²) < 4.78 is 0. The van der Waals surface area contributed by atoms with Gasteiger partial charge in [0, 0.05) is 16.7 Å². The van der Waals surface area contributed by atoms with Gasteiger partial charge in [-0.15, -0.1) is 6.58 Å². The molecule has 3 aromatic rings. The number of hydrogen-bond acceptors (Lipinski definition) is 4. The molecule has 0 radical (unpaired) electrons. The highest BCUT2D eigenvalue weighted by Gasteiger charge is 2.32. The molecule has 0 aromatic heterocycles. The third-order valence-corrected chi connectivity index (χ3v) is 4.74. The van der Waals surface area contributed by atoms with Gasteiger partial charge >= 0.3 is 0 Å². The first-order chi connectivity index (χ1) is 13.1. The molecule has 4 rings (SSSR count). The molecule has 4 heteroatoms. The number of anilines is 2. The lowest BCUT2D eigenvalue weighted by atomic mass is 9.83. The summed E-state index contributed by atoms with van der Waals surface area (Å²) >= 11 is 0. The quantitative estimate of drug-likeness (QED) is 0.425. The summed E-state index contributed by atoms with van der Waals surface area (Å²) in [5.41, 5.74) is 2.97. The summed E-state index contributed by atoms with van der Waals surface area (Å²) in [6.07, 6.45) is 2.32. The van der Waals surface area contributed by atoms with Crippen LogP contribution in [0, 0.1) is 0 Å². The molecular weight excluding hydrogens is 338 g/mol. The standard InChI is InChI=1S/C23H17NO3/c1-2-8-15-9-3-6-13-19(15)24(27)20-14-7-12-18-21(20)23(26)17-11-5-4-10-16(17)22(18)25/h2-7,9-14,27H,1,8H2.